The van der Waals surface area contributed by atoms with E-state index < -0.39 is 23.9 Å². The van der Waals surface area contributed by atoms with Crippen LogP contribution < -0.4 is 5.32 Å². The number of hydrogen-bond donors (Lipinski definition) is 1. The number of carbonyl (C=O) groups excluding carboxylic acids is 1. The summed E-state index contributed by atoms with van der Waals surface area (Å²) in [4.78, 5) is 16.6. The maximum Gasteiger partial charge on any atom is 0.391 e. The van der Waals surface area contributed by atoms with Crippen molar-refractivity contribution in [2.45, 2.75) is 31.9 Å². The minimum atomic E-state index is -4.24. The van der Waals surface area contributed by atoms with Gasteiger partial charge in [-0.2, -0.15) is 18.3 Å². The fourth-order valence-electron chi connectivity index (χ4n) is 3.03. The molecule has 24 heavy (non-hydrogen) atoms. The van der Waals surface area contributed by atoms with E-state index in [9.17, 15) is 18.0 Å². The first-order valence-electron chi connectivity index (χ1n) is 7.78. The molecule has 0 spiro atoms. The molecule has 1 saturated carbocycles. The summed E-state index contributed by atoms with van der Waals surface area (Å²) in [5.74, 6) is -2.01. The SMILES string of the molecule is O=C(Nc1cccnc1-n1cccn1)[C@@H]1CCC[C@H](C(F)(F)F)C1. The molecule has 5 nitrogen and oxygen atoms in total. The zero-order valence-corrected chi connectivity index (χ0v) is 12.8. The smallest absolute Gasteiger partial charge is 0.323 e. The van der Waals surface area contributed by atoms with E-state index in [1.165, 1.54) is 4.68 Å². The van der Waals surface area contributed by atoms with Gasteiger partial charge in [-0.1, -0.05) is 6.42 Å². The summed E-state index contributed by atoms with van der Waals surface area (Å²) in [6.07, 6.45) is 1.39. The first-order chi connectivity index (χ1) is 11.4. The third-order valence-electron chi connectivity index (χ3n) is 4.27. The number of halogens is 3. The molecular weight excluding hydrogens is 321 g/mol. The van der Waals surface area contributed by atoms with E-state index in [-0.39, 0.29) is 12.8 Å². The predicted molar refractivity (Wildman–Crippen MR) is 81.5 cm³/mol. The van der Waals surface area contributed by atoms with Gasteiger partial charge in [0, 0.05) is 24.5 Å². The van der Waals surface area contributed by atoms with Gasteiger partial charge in [-0.3, -0.25) is 4.79 Å². The van der Waals surface area contributed by atoms with Crippen molar-refractivity contribution in [3.05, 3.63) is 36.8 Å². The summed E-state index contributed by atoms with van der Waals surface area (Å²) in [7, 11) is 0. The lowest BCUT2D eigenvalue weighted by Crippen LogP contribution is -2.34. The molecule has 2 aromatic heterocycles. The number of hydrogen-bond acceptors (Lipinski definition) is 3. The summed E-state index contributed by atoms with van der Waals surface area (Å²) in [6, 6.07) is 5.03. The largest absolute Gasteiger partial charge is 0.391 e. The molecule has 1 fully saturated rings. The van der Waals surface area contributed by atoms with Crippen molar-refractivity contribution in [1.29, 1.82) is 0 Å². The maximum atomic E-state index is 12.9. The van der Waals surface area contributed by atoms with Crippen molar-refractivity contribution in [3.8, 4) is 5.82 Å². The molecule has 0 saturated heterocycles. The number of rotatable bonds is 3. The fraction of sp³-hybridized carbons (Fsp3) is 0.438. The fourth-order valence-corrected chi connectivity index (χ4v) is 3.03. The number of anilines is 1. The van der Waals surface area contributed by atoms with E-state index in [1.54, 1.807) is 36.8 Å². The summed E-state index contributed by atoms with van der Waals surface area (Å²) in [5.41, 5.74) is 0.431. The van der Waals surface area contributed by atoms with Crippen LogP contribution in [0.3, 0.4) is 0 Å². The van der Waals surface area contributed by atoms with E-state index in [4.69, 9.17) is 0 Å². The van der Waals surface area contributed by atoms with Gasteiger partial charge in [-0.05, 0) is 37.5 Å². The van der Waals surface area contributed by atoms with E-state index in [1.807, 2.05) is 0 Å². The molecule has 0 unspecified atom stereocenters. The van der Waals surface area contributed by atoms with Gasteiger partial charge < -0.3 is 5.32 Å². The van der Waals surface area contributed by atoms with Crippen LogP contribution in [0.2, 0.25) is 0 Å². The Kier molecular flexibility index (Phi) is 4.55. The molecule has 0 aliphatic heterocycles. The number of pyridine rings is 1. The minimum absolute atomic E-state index is 0.0959. The number of alkyl halides is 3. The highest BCUT2D eigenvalue weighted by molar-refractivity contribution is 5.94. The Morgan fingerprint density at radius 3 is 2.79 bits per heavy atom. The second-order valence-corrected chi connectivity index (χ2v) is 5.92. The molecule has 8 heteroatoms. The molecule has 0 radical (unpaired) electrons. The predicted octanol–water partition coefficient (Wildman–Crippen LogP) is 3.57. The molecule has 0 aromatic carbocycles. The molecular formula is C16H17F3N4O. The van der Waals surface area contributed by atoms with Crippen LogP contribution in [0.25, 0.3) is 5.82 Å². The van der Waals surface area contributed by atoms with Gasteiger partial charge in [0.2, 0.25) is 5.91 Å². The van der Waals surface area contributed by atoms with Gasteiger partial charge in [0.25, 0.3) is 0 Å². The third kappa shape index (κ3) is 3.58. The van der Waals surface area contributed by atoms with E-state index >= 15 is 0 Å². The highest BCUT2D eigenvalue weighted by Crippen LogP contribution is 2.40. The van der Waals surface area contributed by atoms with Crippen molar-refractivity contribution >= 4 is 11.6 Å². The van der Waals surface area contributed by atoms with E-state index in [2.05, 4.69) is 15.4 Å². The monoisotopic (exact) mass is 338 g/mol. The Hall–Kier alpha value is -2.38. The average molecular weight is 338 g/mol. The summed E-state index contributed by atoms with van der Waals surface area (Å²) >= 11 is 0. The topological polar surface area (TPSA) is 59.8 Å². The van der Waals surface area contributed by atoms with Crippen LogP contribution in [0.15, 0.2) is 36.8 Å². The van der Waals surface area contributed by atoms with E-state index in [0.29, 0.717) is 24.3 Å². The Morgan fingerprint density at radius 1 is 1.25 bits per heavy atom. The molecule has 1 amide bonds. The number of nitrogens with one attached hydrogen (secondary N) is 1. The van der Waals surface area contributed by atoms with Crippen LogP contribution in [0.5, 0.6) is 0 Å². The first kappa shape index (κ1) is 16.5. The number of carbonyl (C=O) groups is 1. The first-order valence-corrected chi connectivity index (χ1v) is 7.78. The molecule has 128 valence electrons. The van der Waals surface area contributed by atoms with Crippen LogP contribution in [0, 0.1) is 11.8 Å². The summed E-state index contributed by atoms with van der Waals surface area (Å²) in [6.45, 7) is 0. The average Bonchev–Trinajstić information content (AvgIpc) is 3.09. The lowest BCUT2D eigenvalue weighted by atomic mass is 9.80. The van der Waals surface area contributed by atoms with Gasteiger partial charge in [0.15, 0.2) is 5.82 Å². The van der Waals surface area contributed by atoms with Gasteiger partial charge in [-0.25, -0.2) is 9.67 Å². The van der Waals surface area contributed by atoms with E-state index in [0.717, 1.165) is 0 Å². The number of nitrogens with zero attached hydrogens (tertiary/aromatic N) is 3. The Bertz CT molecular complexity index is 700. The third-order valence-corrected chi connectivity index (χ3v) is 4.27. The van der Waals surface area contributed by atoms with Crippen molar-refractivity contribution in [1.82, 2.24) is 14.8 Å². The number of amides is 1. The van der Waals surface area contributed by atoms with Crippen molar-refractivity contribution in [3.63, 3.8) is 0 Å². The molecule has 1 N–H and O–H groups in total. The second-order valence-electron chi connectivity index (χ2n) is 5.92. The van der Waals surface area contributed by atoms with Crippen LogP contribution in [-0.4, -0.2) is 26.8 Å². The van der Waals surface area contributed by atoms with Gasteiger partial charge >= 0.3 is 6.18 Å². The van der Waals surface area contributed by atoms with Crippen molar-refractivity contribution in [2.24, 2.45) is 11.8 Å². The molecule has 2 atom stereocenters. The molecule has 0 bridgehead atoms. The summed E-state index contributed by atoms with van der Waals surface area (Å²) < 4.78 is 40.2. The Balaban J connectivity index is 1.74. The Morgan fingerprint density at radius 2 is 2.08 bits per heavy atom. The van der Waals surface area contributed by atoms with Crippen molar-refractivity contribution in [2.75, 3.05) is 5.32 Å². The maximum absolute atomic E-state index is 12.9. The highest BCUT2D eigenvalue weighted by atomic mass is 19.4. The normalized spacial score (nSPS) is 21.5. The molecule has 1 aliphatic carbocycles. The zero-order chi connectivity index (χ0) is 17.2. The van der Waals surface area contributed by atoms with Crippen LogP contribution >= 0.6 is 0 Å². The molecule has 1 aliphatic rings. The van der Waals surface area contributed by atoms with Gasteiger partial charge in [0.05, 0.1) is 11.6 Å². The molecule has 2 aromatic rings. The lowest BCUT2D eigenvalue weighted by Gasteiger charge is -2.29. The highest BCUT2D eigenvalue weighted by Gasteiger charge is 2.43. The zero-order valence-electron chi connectivity index (χ0n) is 12.8. The summed E-state index contributed by atoms with van der Waals surface area (Å²) in [5, 5.41) is 6.78. The molecule has 3 rings (SSSR count). The van der Waals surface area contributed by atoms with Crippen LogP contribution in [0.4, 0.5) is 18.9 Å². The lowest BCUT2D eigenvalue weighted by molar-refractivity contribution is -0.185. The minimum Gasteiger partial charge on any atom is -0.323 e. The number of aromatic nitrogens is 3. The second kappa shape index (κ2) is 6.62. The van der Waals surface area contributed by atoms with Crippen LogP contribution in [0.1, 0.15) is 25.7 Å². The Labute approximate surface area is 136 Å². The van der Waals surface area contributed by atoms with Crippen LogP contribution in [-0.2, 0) is 4.79 Å². The quantitative estimate of drug-likeness (QED) is 0.931. The van der Waals surface area contributed by atoms with Crippen molar-refractivity contribution < 1.29 is 18.0 Å². The molecule has 2 heterocycles. The van der Waals surface area contributed by atoms with Gasteiger partial charge in [-0.15, -0.1) is 0 Å². The van der Waals surface area contributed by atoms with Gasteiger partial charge in [0.1, 0.15) is 0 Å². The standard InChI is InChI=1S/C16H17F3N4O/c17-16(18,19)12-5-1-4-11(10-12)15(24)22-13-6-2-7-20-14(13)23-9-3-8-21-23/h2-3,6-9,11-12H,1,4-5,10H2,(H,22,24)/t11-,12+/m1/s1.